The maximum atomic E-state index is 5.18. The lowest BCUT2D eigenvalue weighted by Crippen LogP contribution is -2.33. The highest BCUT2D eigenvalue weighted by molar-refractivity contribution is 5.06. The topological polar surface area (TPSA) is 22.3 Å². The summed E-state index contributed by atoms with van der Waals surface area (Å²) in [5.41, 5.74) is 1.05. The Labute approximate surface area is 85.3 Å². The van der Waals surface area contributed by atoms with E-state index < -0.39 is 0 Å². The van der Waals surface area contributed by atoms with Crippen LogP contribution in [0.2, 0.25) is 0 Å². The van der Waals surface area contributed by atoms with Crippen LogP contribution in [0.3, 0.4) is 0 Å². The van der Waals surface area contributed by atoms with Gasteiger partial charge in [0, 0.05) is 26.7 Å². The average Bonchev–Trinajstić information content (AvgIpc) is 2.21. The molecule has 1 heterocycles. The molecule has 3 nitrogen and oxygen atoms in total. The van der Waals surface area contributed by atoms with Crippen molar-refractivity contribution in [3.63, 3.8) is 0 Å². The number of hydrogen-bond donors (Lipinski definition) is 0. The van der Waals surface area contributed by atoms with Crippen LogP contribution in [0.5, 0.6) is 0 Å². The van der Waals surface area contributed by atoms with Gasteiger partial charge < -0.3 is 9.47 Å². The van der Waals surface area contributed by atoms with Crippen LogP contribution in [-0.2, 0) is 16.0 Å². The van der Waals surface area contributed by atoms with Crippen molar-refractivity contribution in [3.8, 4) is 0 Å². The maximum absolute atomic E-state index is 5.18. The zero-order chi connectivity index (χ0) is 10.4. The summed E-state index contributed by atoms with van der Waals surface area (Å²) < 4.78 is 12.5. The van der Waals surface area contributed by atoms with Crippen molar-refractivity contribution in [2.45, 2.75) is 26.2 Å². The van der Waals surface area contributed by atoms with Crippen molar-refractivity contribution in [2.24, 2.45) is 0 Å². The lowest BCUT2D eigenvalue weighted by Gasteiger charge is -2.11. The maximum Gasteiger partial charge on any atom is 0.188 e. The summed E-state index contributed by atoms with van der Waals surface area (Å²) in [7, 11) is 3.29. The van der Waals surface area contributed by atoms with Crippen molar-refractivity contribution in [2.75, 3.05) is 14.2 Å². The third-order valence-corrected chi connectivity index (χ3v) is 2.06. The number of aromatic nitrogens is 1. The van der Waals surface area contributed by atoms with E-state index in [1.165, 1.54) is 0 Å². The molecule has 1 aromatic heterocycles. The van der Waals surface area contributed by atoms with E-state index in [1.54, 1.807) is 14.2 Å². The van der Waals surface area contributed by atoms with Crippen LogP contribution in [-0.4, -0.2) is 14.2 Å². The molecular weight excluding hydrogens is 178 g/mol. The van der Waals surface area contributed by atoms with Crippen LogP contribution in [0, 0.1) is 0 Å². The number of aryl methyl sites for hydroxylation is 1. The molecule has 0 unspecified atom stereocenters. The molecule has 1 aromatic rings. The predicted octanol–water partition coefficient (Wildman–Crippen LogP) is 1.68. The molecule has 0 saturated heterocycles. The Balaban J connectivity index is 2.81. The van der Waals surface area contributed by atoms with Crippen LogP contribution in [0.15, 0.2) is 24.5 Å². The second-order valence-corrected chi connectivity index (χ2v) is 3.18. The second kappa shape index (κ2) is 5.73. The Morgan fingerprint density at radius 1 is 1.36 bits per heavy atom. The Bertz CT molecular complexity index is 272. The number of methoxy groups -OCH3 is 2. The highest BCUT2D eigenvalue weighted by Gasteiger charge is 2.12. The molecule has 78 valence electrons. The predicted molar refractivity (Wildman–Crippen MR) is 53.7 cm³/mol. The van der Waals surface area contributed by atoms with E-state index in [4.69, 9.17) is 9.47 Å². The molecule has 0 saturated carbocycles. The lowest BCUT2D eigenvalue weighted by molar-refractivity contribution is -0.697. The fourth-order valence-corrected chi connectivity index (χ4v) is 1.45. The molecule has 14 heavy (non-hydrogen) atoms. The van der Waals surface area contributed by atoms with Crippen molar-refractivity contribution in [3.05, 3.63) is 30.1 Å². The van der Waals surface area contributed by atoms with Gasteiger partial charge in [-0.15, -0.1) is 0 Å². The van der Waals surface area contributed by atoms with Crippen LogP contribution < -0.4 is 4.57 Å². The molecule has 0 fully saturated rings. The largest absolute Gasteiger partial charge is 0.351 e. The number of pyridine rings is 1. The number of nitrogens with zero attached hydrogens (tertiary/aromatic N) is 1. The molecule has 0 N–H and O–H groups in total. The third kappa shape index (κ3) is 2.79. The Hall–Kier alpha value is -0.930. The van der Waals surface area contributed by atoms with Crippen LogP contribution in [0.25, 0.3) is 0 Å². The summed E-state index contributed by atoms with van der Waals surface area (Å²) >= 11 is 0. The Kier molecular flexibility index (Phi) is 4.56. The molecule has 3 heteroatoms. The van der Waals surface area contributed by atoms with Gasteiger partial charge in [0.25, 0.3) is 0 Å². The quantitative estimate of drug-likeness (QED) is 0.528. The number of hydrogen-bond acceptors (Lipinski definition) is 2. The molecule has 1 rings (SSSR count). The van der Waals surface area contributed by atoms with Crippen molar-refractivity contribution < 1.29 is 14.0 Å². The van der Waals surface area contributed by atoms with E-state index in [9.17, 15) is 0 Å². The van der Waals surface area contributed by atoms with E-state index in [2.05, 4.69) is 23.9 Å². The van der Waals surface area contributed by atoms with Gasteiger partial charge in [-0.05, 0) is 6.07 Å². The first-order chi connectivity index (χ1) is 6.81. The zero-order valence-electron chi connectivity index (χ0n) is 9.06. The molecule has 0 bridgehead atoms. The van der Waals surface area contributed by atoms with Crippen LogP contribution in [0.1, 0.15) is 25.2 Å². The van der Waals surface area contributed by atoms with Crippen LogP contribution >= 0.6 is 0 Å². The molecule has 0 amide bonds. The van der Waals surface area contributed by atoms with Gasteiger partial charge in [-0.1, -0.05) is 6.92 Å². The van der Waals surface area contributed by atoms with E-state index in [0.717, 1.165) is 18.5 Å². The number of ether oxygens (including phenoxy) is 2. The number of rotatable bonds is 5. The van der Waals surface area contributed by atoms with Gasteiger partial charge in [-0.3, -0.25) is 0 Å². The van der Waals surface area contributed by atoms with Gasteiger partial charge in [-0.25, -0.2) is 4.57 Å². The van der Waals surface area contributed by atoms with E-state index in [0.29, 0.717) is 0 Å². The Morgan fingerprint density at radius 2 is 2.07 bits per heavy atom. The minimum Gasteiger partial charge on any atom is -0.351 e. The van der Waals surface area contributed by atoms with Gasteiger partial charge in [0.05, 0.1) is 5.56 Å². The smallest absolute Gasteiger partial charge is 0.188 e. The van der Waals surface area contributed by atoms with Gasteiger partial charge in [0.15, 0.2) is 18.7 Å². The normalized spacial score (nSPS) is 10.9. The van der Waals surface area contributed by atoms with Crippen LogP contribution in [0.4, 0.5) is 0 Å². The highest BCUT2D eigenvalue weighted by atomic mass is 16.7. The molecule has 0 radical (unpaired) electrons. The first kappa shape index (κ1) is 11.1. The molecule has 0 aliphatic heterocycles. The molecule has 0 aliphatic carbocycles. The molecule has 0 spiro atoms. The minimum atomic E-state index is -0.265. The SMILES string of the molecule is CCC[n+]1cccc(C(OC)OC)c1. The standard InChI is InChI=1S/C11H18NO2/c1-4-7-12-8-5-6-10(9-12)11(13-2)14-3/h5-6,8-9,11H,4,7H2,1-3H3/q+1. The minimum absolute atomic E-state index is 0.265. The lowest BCUT2D eigenvalue weighted by atomic mass is 10.2. The first-order valence-electron chi connectivity index (χ1n) is 4.86. The van der Waals surface area contributed by atoms with E-state index >= 15 is 0 Å². The van der Waals surface area contributed by atoms with Crippen molar-refractivity contribution >= 4 is 0 Å². The average molecular weight is 196 g/mol. The highest BCUT2D eigenvalue weighted by Crippen LogP contribution is 2.14. The summed E-state index contributed by atoms with van der Waals surface area (Å²) in [5.74, 6) is 0. The van der Waals surface area contributed by atoms with E-state index in [-0.39, 0.29) is 6.29 Å². The summed E-state index contributed by atoms with van der Waals surface area (Å²) in [4.78, 5) is 0. The van der Waals surface area contributed by atoms with Gasteiger partial charge >= 0.3 is 0 Å². The Morgan fingerprint density at radius 3 is 2.64 bits per heavy atom. The van der Waals surface area contributed by atoms with Gasteiger partial charge in [-0.2, -0.15) is 0 Å². The van der Waals surface area contributed by atoms with Crippen molar-refractivity contribution in [1.29, 1.82) is 0 Å². The fraction of sp³-hybridized carbons (Fsp3) is 0.545. The summed E-state index contributed by atoms with van der Waals surface area (Å²) in [6.45, 7) is 3.18. The summed E-state index contributed by atoms with van der Waals surface area (Å²) in [5, 5.41) is 0. The molecular formula is C11H18NO2+. The molecule has 0 atom stereocenters. The fourth-order valence-electron chi connectivity index (χ4n) is 1.45. The monoisotopic (exact) mass is 196 g/mol. The third-order valence-electron chi connectivity index (χ3n) is 2.06. The summed E-state index contributed by atoms with van der Waals surface area (Å²) in [6, 6.07) is 4.01. The van der Waals surface area contributed by atoms with Gasteiger partial charge in [0.1, 0.15) is 6.54 Å². The first-order valence-corrected chi connectivity index (χ1v) is 4.86. The van der Waals surface area contributed by atoms with Gasteiger partial charge in [0.2, 0.25) is 0 Å². The zero-order valence-corrected chi connectivity index (χ0v) is 9.06. The molecule has 0 aromatic carbocycles. The van der Waals surface area contributed by atoms with E-state index in [1.807, 2.05) is 12.1 Å². The summed E-state index contributed by atoms with van der Waals surface area (Å²) in [6.07, 6.45) is 4.97. The second-order valence-electron chi connectivity index (χ2n) is 3.18. The van der Waals surface area contributed by atoms with Crippen molar-refractivity contribution in [1.82, 2.24) is 0 Å². The molecule has 0 aliphatic rings.